The van der Waals surface area contributed by atoms with Gasteiger partial charge in [-0.05, 0) is 12.8 Å². The highest BCUT2D eigenvalue weighted by atomic mass is 35.5. The molecule has 7 heavy (non-hydrogen) atoms. The van der Waals surface area contributed by atoms with Gasteiger partial charge in [0.1, 0.15) is 0 Å². The molecule has 0 heterocycles. The van der Waals surface area contributed by atoms with E-state index >= 15 is 0 Å². The molecule has 0 bridgehead atoms. The SMILES string of the molecule is ClC(Cl)NC1CC1. The number of halogens is 2. The monoisotopic (exact) mass is 139 g/mol. The van der Waals surface area contributed by atoms with E-state index in [0.717, 1.165) is 0 Å². The highest BCUT2D eigenvalue weighted by Gasteiger charge is 2.22. The van der Waals surface area contributed by atoms with Crippen LogP contribution in [0.15, 0.2) is 0 Å². The lowest BCUT2D eigenvalue weighted by Crippen LogP contribution is -2.20. The zero-order valence-corrected chi connectivity index (χ0v) is 5.34. The standard InChI is InChI=1S/C4H7Cl2N/c5-4(6)7-3-1-2-3/h3-4,7H,1-2H2. The Hall–Kier alpha value is 0.540. The lowest BCUT2D eigenvalue weighted by molar-refractivity contribution is 0.749. The van der Waals surface area contributed by atoms with Gasteiger partial charge in [-0.3, -0.25) is 5.32 Å². The second kappa shape index (κ2) is 2.21. The van der Waals surface area contributed by atoms with Crippen molar-refractivity contribution in [1.29, 1.82) is 0 Å². The molecule has 0 saturated heterocycles. The van der Waals surface area contributed by atoms with Crippen LogP contribution >= 0.6 is 23.2 Å². The average Bonchev–Trinajstić information content (AvgIpc) is 2.17. The molecule has 1 N–H and O–H groups in total. The minimum absolute atomic E-state index is 0.368. The van der Waals surface area contributed by atoms with Crippen molar-refractivity contribution in [3.63, 3.8) is 0 Å². The molecule has 1 fully saturated rings. The summed E-state index contributed by atoms with van der Waals surface area (Å²) in [5.74, 6) is 0. The van der Waals surface area contributed by atoms with Gasteiger partial charge in [-0.1, -0.05) is 23.2 Å². The van der Waals surface area contributed by atoms with E-state index in [9.17, 15) is 0 Å². The van der Waals surface area contributed by atoms with E-state index < -0.39 is 0 Å². The van der Waals surface area contributed by atoms with E-state index in [2.05, 4.69) is 5.32 Å². The van der Waals surface area contributed by atoms with Crippen LogP contribution in [0, 0.1) is 0 Å². The maximum Gasteiger partial charge on any atom is 0.158 e. The summed E-state index contributed by atoms with van der Waals surface area (Å²) in [6.45, 7) is 0. The second-order valence-electron chi connectivity index (χ2n) is 1.74. The third-order valence-electron chi connectivity index (χ3n) is 0.939. The minimum Gasteiger partial charge on any atom is -0.286 e. The van der Waals surface area contributed by atoms with Crippen LogP contribution in [-0.4, -0.2) is 11.0 Å². The fourth-order valence-electron chi connectivity index (χ4n) is 0.428. The summed E-state index contributed by atoms with van der Waals surface area (Å²) in [6, 6.07) is 0.611. The van der Waals surface area contributed by atoms with Crippen molar-refractivity contribution in [1.82, 2.24) is 5.32 Å². The molecule has 3 heteroatoms. The van der Waals surface area contributed by atoms with Gasteiger partial charge in [-0.25, -0.2) is 0 Å². The largest absolute Gasteiger partial charge is 0.286 e. The van der Waals surface area contributed by atoms with Crippen LogP contribution in [0.2, 0.25) is 0 Å². The first-order valence-electron chi connectivity index (χ1n) is 2.33. The highest BCUT2D eigenvalue weighted by Crippen LogP contribution is 2.20. The third-order valence-corrected chi connectivity index (χ3v) is 1.19. The van der Waals surface area contributed by atoms with Crippen molar-refractivity contribution in [3.8, 4) is 0 Å². The Morgan fingerprint density at radius 3 is 2.14 bits per heavy atom. The number of hydrogen-bond acceptors (Lipinski definition) is 1. The van der Waals surface area contributed by atoms with Gasteiger partial charge in [0.05, 0.1) is 0 Å². The predicted molar refractivity (Wildman–Crippen MR) is 31.7 cm³/mol. The maximum atomic E-state index is 5.37. The van der Waals surface area contributed by atoms with Gasteiger partial charge in [0.25, 0.3) is 0 Å². The van der Waals surface area contributed by atoms with E-state index in [1.165, 1.54) is 12.8 Å². The van der Waals surface area contributed by atoms with Gasteiger partial charge in [-0.15, -0.1) is 0 Å². The summed E-state index contributed by atoms with van der Waals surface area (Å²) >= 11 is 10.7. The van der Waals surface area contributed by atoms with Gasteiger partial charge >= 0.3 is 0 Å². The molecule has 0 amide bonds. The van der Waals surface area contributed by atoms with Gasteiger partial charge in [0.2, 0.25) is 0 Å². The van der Waals surface area contributed by atoms with Crippen LogP contribution < -0.4 is 5.32 Å². The Bertz CT molecular complexity index is 60.7. The Labute approximate surface area is 53.0 Å². The summed E-state index contributed by atoms with van der Waals surface area (Å²) in [7, 11) is 0. The quantitative estimate of drug-likeness (QED) is 0.452. The topological polar surface area (TPSA) is 12.0 Å². The van der Waals surface area contributed by atoms with Crippen LogP contribution in [0.5, 0.6) is 0 Å². The number of hydrogen-bond donors (Lipinski definition) is 1. The normalized spacial score (nSPS) is 21.0. The highest BCUT2D eigenvalue weighted by molar-refractivity contribution is 6.43. The summed E-state index contributed by atoms with van der Waals surface area (Å²) in [5.41, 5.74) is 0. The van der Waals surface area contributed by atoms with Crippen LogP contribution in [0.1, 0.15) is 12.8 Å². The molecule has 0 aromatic carbocycles. The summed E-state index contributed by atoms with van der Waals surface area (Å²) in [6.07, 6.45) is 2.46. The number of nitrogens with one attached hydrogen (secondary N) is 1. The first-order chi connectivity index (χ1) is 3.29. The molecule has 1 aliphatic carbocycles. The second-order valence-corrected chi connectivity index (χ2v) is 2.84. The Balaban J connectivity index is 1.97. The number of alkyl halides is 2. The van der Waals surface area contributed by atoms with Crippen molar-refractivity contribution in [2.24, 2.45) is 0 Å². The molecule has 0 unspecified atom stereocenters. The van der Waals surface area contributed by atoms with Crippen molar-refractivity contribution in [3.05, 3.63) is 0 Å². The first kappa shape index (κ1) is 5.67. The molecule has 0 aliphatic heterocycles. The molecule has 0 atom stereocenters. The van der Waals surface area contributed by atoms with Crippen molar-refractivity contribution < 1.29 is 0 Å². The van der Waals surface area contributed by atoms with Crippen LogP contribution in [0.25, 0.3) is 0 Å². The van der Waals surface area contributed by atoms with Crippen molar-refractivity contribution in [2.45, 2.75) is 23.8 Å². The fraction of sp³-hybridized carbons (Fsp3) is 1.00. The molecule has 1 saturated carbocycles. The molecule has 1 nitrogen and oxygen atoms in total. The van der Waals surface area contributed by atoms with E-state index in [1.807, 2.05) is 0 Å². The first-order valence-corrected chi connectivity index (χ1v) is 3.20. The summed E-state index contributed by atoms with van der Waals surface area (Å²) < 4.78 is 0. The van der Waals surface area contributed by atoms with Gasteiger partial charge in [0.15, 0.2) is 4.96 Å². The molecule has 0 radical (unpaired) electrons. The number of rotatable bonds is 2. The zero-order valence-electron chi connectivity index (χ0n) is 3.82. The van der Waals surface area contributed by atoms with Crippen LogP contribution in [0.3, 0.4) is 0 Å². The molecular weight excluding hydrogens is 133 g/mol. The lowest BCUT2D eigenvalue weighted by Gasteiger charge is -1.98. The predicted octanol–water partition coefficient (Wildman–Crippen LogP) is 1.50. The maximum absolute atomic E-state index is 5.37. The zero-order chi connectivity index (χ0) is 5.28. The molecule has 0 aromatic heterocycles. The fourth-order valence-corrected chi connectivity index (χ4v) is 0.785. The molecule has 0 aromatic rings. The molecule has 1 aliphatic rings. The summed E-state index contributed by atoms with van der Waals surface area (Å²) in [5, 5.41) is 2.95. The smallest absolute Gasteiger partial charge is 0.158 e. The third kappa shape index (κ3) is 2.37. The minimum atomic E-state index is -0.368. The van der Waals surface area contributed by atoms with Crippen LogP contribution in [0.4, 0.5) is 0 Å². The van der Waals surface area contributed by atoms with E-state index in [1.54, 1.807) is 0 Å². The van der Waals surface area contributed by atoms with Gasteiger partial charge < -0.3 is 0 Å². The van der Waals surface area contributed by atoms with Crippen molar-refractivity contribution >= 4 is 23.2 Å². The molecule has 42 valence electrons. The lowest BCUT2D eigenvalue weighted by atomic mass is 10.7. The van der Waals surface area contributed by atoms with Gasteiger partial charge in [-0.2, -0.15) is 0 Å². The molecule has 1 rings (SSSR count). The Morgan fingerprint density at radius 1 is 1.43 bits per heavy atom. The molecule has 0 spiro atoms. The van der Waals surface area contributed by atoms with Crippen LogP contribution in [-0.2, 0) is 0 Å². The summed E-state index contributed by atoms with van der Waals surface area (Å²) in [4.78, 5) is -0.368. The average molecular weight is 140 g/mol. The Morgan fingerprint density at radius 2 is 2.00 bits per heavy atom. The van der Waals surface area contributed by atoms with E-state index in [-0.39, 0.29) is 4.96 Å². The van der Waals surface area contributed by atoms with E-state index in [0.29, 0.717) is 6.04 Å². The Kier molecular flexibility index (Phi) is 1.79. The van der Waals surface area contributed by atoms with E-state index in [4.69, 9.17) is 23.2 Å². The van der Waals surface area contributed by atoms with Gasteiger partial charge in [0, 0.05) is 6.04 Å². The van der Waals surface area contributed by atoms with Crippen molar-refractivity contribution in [2.75, 3.05) is 0 Å². The molecular formula is C4H7Cl2N.